The lowest BCUT2D eigenvalue weighted by molar-refractivity contribution is -0.142. The van der Waals surface area contributed by atoms with Gasteiger partial charge < -0.3 is 9.26 Å². The molecule has 0 bridgehead atoms. The molecule has 1 aromatic carbocycles. The zero-order valence-corrected chi connectivity index (χ0v) is 12.2. The summed E-state index contributed by atoms with van der Waals surface area (Å²) < 4.78 is 22.9. The van der Waals surface area contributed by atoms with Crippen molar-refractivity contribution in [1.82, 2.24) is 10.1 Å². The lowest BCUT2D eigenvalue weighted by Gasteiger charge is -2.20. The topological polar surface area (TPSA) is 65.2 Å². The number of halogens is 1. The van der Waals surface area contributed by atoms with Gasteiger partial charge in [0.05, 0.1) is 12.0 Å². The summed E-state index contributed by atoms with van der Waals surface area (Å²) in [5.41, 5.74) is 0.303. The van der Waals surface area contributed by atoms with Crippen LogP contribution in [-0.4, -0.2) is 22.7 Å². The van der Waals surface area contributed by atoms with E-state index in [0.29, 0.717) is 12.4 Å². The van der Waals surface area contributed by atoms with Gasteiger partial charge in [-0.1, -0.05) is 17.3 Å². The van der Waals surface area contributed by atoms with E-state index in [1.807, 2.05) is 13.8 Å². The van der Waals surface area contributed by atoms with Crippen molar-refractivity contribution in [3.05, 3.63) is 47.4 Å². The minimum Gasteiger partial charge on any atom is -0.466 e. The Bertz CT molecular complexity index is 620. The summed E-state index contributed by atoms with van der Waals surface area (Å²) in [5.74, 6) is -0.0648. The van der Waals surface area contributed by atoms with Crippen LogP contribution in [0.1, 0.15) is 38.0 Å². The SMILES string of the molecule is CCOC(=O)Cc1nc(C(C)(C)c2ccc(F)cc2)no1. The maximum atomic E-state index is 13.0. The van der Waals surface area contributed by atoms with Gasteiger partial charge in [0, 0.05) is 0 Å². The fourth-order valence-electron chi connectivity index (χ4n) is 1.91. The normalized spacial score (nSPS) is 11.4. The average Bonchev–Trinajstić information content (AvgIpc) is 2.88. The molecule has 0 saturated carbocycles. The highest BCUT2D eigenvalue weighted by Gasteiger charge is 2.29. The van der Waals surface area contributed by atoms with E-state index >= 15 is 0 Å². The second-order valence-electron chi connectivity index (χ2n) is 5.13. The Labute approximate surface area is 122 Å². The summed E-state index contributed by atoms with van der Waals surface area (Å²) in [5, 5.41) is 3.91. The van der Waals surface area contributed by atoms with Crippen LogP contribution in [0.2, 0.25) is 0 Å². The number of ether oxygens (including phenoxy) is 1. The predicted molar refractivity (Wildman–Crippen MR) is 73.2 cm³/mol. The van der Waals surface area contributed by atoms with Crippen LogP contribution < -0.4 is 0 Å². The highest BCUT2D eigenvalue weighted by Crippen LogP contribution is 2.29. The molecule has 0 aliphatic rings. The molecular formula is C15H17FN2O3. The zero-order chi connectivity index (χ0) is 15.5. The Kier molecular flexibility index (Phi) is 4.35. The number of nitrogens with zero attached hydrogens (tertiary/aromatic N) is 2. The van der Waals surface area contributed by atoms with Gasteiger partial charge in [-0.25, -0.2) is 4.39 Å². The molecular weight excluding hydrogens is 275 g/mol. The lowest BCUT2D eigenvalue weighted by atomic mass is 9.84. The molecule has 0 aliphatic carbocycles. The van der Waals surface area contributed by atoms with Gasteiger partial charge in [-0.15, -0.1) is 0 Å². The molecule has 1 heterocycles. The summed E-state index contributed by atoms with van der Waals surface area (Å²) in [6, 6.07) is 6.13. The highest BCUT2D eigenvalue weighted by atomic mass is 19.1. The fraction of sp³-hybridized carbons (Fsp3) is 0.400. The quantitative estimate of drug-likeness (QED) is 0.793. The molecule has 1 aromatic heterocycles. The molecule has 0 fully saturated rings. The predicted octanol–water partition coefficient (Wildman–Crippen LogP) is 2.64. The first-order valence-electron chi connectivity index (χ1n) is 6.68. The third-order valence-corrected chi connectivity index (χ3v) is 3.19. The van der Waals surface area contributed by atoms with Crippen LogP contribution in [-0.2, 0) is 21.4 Å². The Morgan fingerprint density at radius 1 is 1.33 bits per heavy atom. The summed E-state index contributed by atoms with van der Waals surface area (Å²) in [6.07, 6.45) is -0.0552. The van der Waals surface area contributed by atoms with Crippen LogP contribution in [0.5, 0.6) is 0 Å². The molecule has 0 N–H and O–H groups in total. The summed E-state index contributed by atoms with van der Waals surface area (Å²) in [6.45, 7) is 5.84. The van der Waals surface area contributed by atoms with Crippen molar-refractivity contribution in [2.75, 3.05) is 6.61 Å². The molecule has 0 spiro atoms. The van der Waals surface area contributed by atoms with Crippen LogP contribution in [0, 0.1) is 5.82 Å². The van der Waals surface area contributed by atoms with Gasteiger partial charge in [0.25, 0.3) is 0 Å². The minimum atomic E-state index is -0.551. The van der Waals surface area contributed by atoms with E-state index in [9.17, 15) is 9.18 Å². The van der Waals surface area contributed by atoms with Gasteiger partial charge in [0.2, 0.25) is 5.89 Å². The van der Waals surface area contributed by atoms with Crippen LogP contribution >= 0.6 is 0 Å². The minimum absolute atomic E-state index is 0.0552. The molecule has 0 radical (unpaired) electrons. The van der Waals surface area contributed by atoms with Crippen molar-refractivity contribution in [2.24, 2.45) is 0 Å². The molecule has 112 valence electrons. The second-order valence-corrected chi connectivity index (χ2v) is 5.13. The smallest absolute Gasteiger partial charge is 0.315 e. The molecule has 5 nitrogen and oxygen atoms in total. The van der Waals surface area contributed by atoms with Gasteiger partial charge in [0.15, 0.2) is 5.82 Å². The summed E-state index contributed by atoms with van der Waals surface area (Å²) in [4.78, 5) is 15.6. The Hall–Kier alpha value is -2.24. The van der Waals surface area contributed by atoms with Crippen LogP contribution in [0.3, 0.4) is 0 Å². The van der Waals surface area contributed by atoms with Crippen molar-refractivity contribution in [1.29, 1.82) is 0 Å². The number of rotatable bonds is 5. The number of esters is 1. The second kappa shape index (κ2) is 6.03. The molecule has 0 unspecified atom stereocenters. The zero-order valence-electron chi connectivity index (χ0n) is 12.2. The number of hydrogen-bond donors (Lipinski definition) is 0. The molecule has 0 atom stereocenters. The van der Waals surface area contributed by atoms with E-state index in [2.05, 4.69) is 10.1 Å². The third-order valence-electron chi connectivity index (χ3n) is 3.19. The Balaban J connectivity index is 2.19. The number of hydrogen-bond acceptors (Lipinski definition) is 5. The van der Waals surface area contributed by atoms with Gasteiger partial charge in [-0.3, -0.25) is 4.79 Å². The van der Waals surface area contributed by atoms with Crippen LogP contribution in [0.25, 0.3) is 0 Å². The maximum Gasteiger partial charge on any atom is 0.315 e. The standard InChI is InChI=1S/C15H17FN2O3/c1-4-20-13(19)9-12-17-14(18-21-12)15(2,3)10-5-7-11(16)8-6-10/h5-8H,4,9H2,1-3H3. The largest absolute Gasteiger partial charge is 0.466 e. The van der Waals surface area contributed by atoms with Gasteiger partial charge in [-0.2, -0.15) is 4.98 Å². The van der Waals surface area contributed by atoms with E-state index in [0.717, 1.165) is 5.56 Å². The molecule has 2 aromatic rings. The monoisotopic (exact) mass is 292 g/mol. The summed E-state index contributed by atoms with van der Waals surface area (Å²) >= 11 is 0. The van der Waals surface area contributed by atoms with E-state index in [1.165, 1.54) is 12.1 Å². The van der Waals surface area contributed by atoms with Gasteiger partial charge in [0.1, 0.15) is 12.2 Å². The Morgan fingerprint density at radius 3 is 2.62 bits per heavy atom. The van der Waals surface area contributed by atoms with Crippen molar-refractivity contribution in [3.8, 4) is 0 Å². The molecule has 0 saturated heterocycles. The third kappa shape index (κ3) is 3.45. The van der Waals surface area contributed by atoms with Crippen molar-refractivity contribution in [2.45, 2.75) is 32.6 Å². The number of benzene rings is 1. The molecule has 0 amide bonds. The maximum absolute atomic E-state index is 13.0. The van der Waals surface area contributed by atoms with E-state index in [4.69, 9.17) is 9.26 Å². The fourth-order valence-corrected chi connectivity index (χ4v) is 1.91. The van der Waals surface area contributed by atoms with Gasteiger partial charge >= 0.3 is 5.97 Å². The van der Waals surface area contributed by atoms with E-state index < -0.39 is 11.4 Å². The Morgan fingerprint density at radius 2 is 2.00 bits per heavy atom. The van der Waals surface area contributed by atoms with Crippen molar-refractivity contribution >= 4 is 5.97 Å². The van der Waals surface area contributed by atoms with Crippen molar-refractivity contribution in [3.63, 3.8) is 0 Å². The summed E-state index contributed by atoms with van der Waals surface area (Å²) in [7, 11) is 0. The van der Waals surface area contributed by atoms with Crippen LogP contribution in [0.15, 0.2) is 28.8 Å². The molecule has 21 heavy (non-hydrogen) atoms. The van der Waals surface area contributed by atoms with Gasteiger partial charge in [-0.05, 0) is 38.5 Å². The number of carbonyl (C=O) groups excluding carboxylic acids is 1. The molecule has 0 aliphatic heterocycles. The average molecular weight is 292 g/mol. The first-order chi connectivity index (χ1) is 9.93. The number of aromatic nitrogens is 2. The first-order valence-corrected chi connectivity index (χ1v) is 6.68. The first kappa shape index (κ1) is 15.2. The van der Waals surface area contributed by atoms with Crippen molar-refractivity contribution < 1.29 is 18.4 Å². The van der Waals surface area contributed by atoms with Crippen LogP contribution in [0.4, 0.5) is 4.39 Å². The van der Waals surface area contributed by atoms with E-state index in [-0.39, 0.29) is 18.1 Å². The highest BCUT2D eigenvalue weighted by molar-refractivity contribution is 5.71. The molecule has 2 rings (SSSR count). The lowest BCUT2D eigenvalue weighted by Crippen LogP contribution is -2.21. The van der Waals surface area contributed by atoms with E-state index in [1.54, 1.807) is 19.1 Å². The molecule has 6 heteroatoms. The number of carbonyl (C=O) groups is 1.